The number of nitrogens with zero attached hydrogens (tertiary/aromatic N) is 2. The molecule has 0 heterocycles. The number of hydrogen-bond acceptors (Lipinski definition) is 3. The van der Waals surface area contributed by atoms with E-state index in [-0.39, 0.29) is 5.54 Å². The van der Waals surface area contributed by atoms with Gasteiger partial charge in [-0.05, 0) is 44.7 Å². The van der Waals surface area contributed by atoms with Crippen LogP contribution in [-0.4, -0.2) is 36.6 Å². The molecule has 0 radical (unpaired) electrons. The van der Waals surface area contributed by atoms with Gasteiger partial charge in [0.25, 0.3) is 0 Å². The third-order valence-electron chi connectivity index (χ3n) is 4.66. The maximum absolute atomic E-state index is 9.51. The Kier molecular flexibility index (Phi) is 7.41. The zero-order valence-electron chi connectivity index (χ0n) is 13.0. The first-order valence-electron chi connectivity index (χ1n) is 8.08. The number of nitrogens with one attached hydrogen (secondary N) is 1. The third-order valence-corrected chi connectivity index (χ3v) is 4.66. The Balaban J connectivity index is 2.35. The van der Waals surface area contributed by atoms with Crippen molar-refractivity contribution in [1.29, 1.82) is 5.26 Å². The van der Waals surface area contributed by atoms with E-state index in [2.05, 4.69) is 37.1 Å². The van der Waals surface area contributed by atoms with Crippen molar-refractivity contribution >= 4 is 0 Å². The normalized spacial score (nSPS) is 27.4. The summed E-state index contributed by atoms with van der Waals surface area (Å²) >= 11 is 0. The molecule has 3 heteroatoms. The molecule has 0 atom stereocenters. The fourth-order valence-electron chi connectivity index (χ4n) is 3.19. The van der Waals surface area contributed by atoms with E-state index in [0.29, 0.717) is 0 Å². The maximum atomic E-state index is 9.51. The number of nitriles is 1. The topological polar surface area (TPSA) is 39.1 Å². The van der Waals surface area contributed by atoms with Crippen LogP contribution in [0.1, 0.15) is 59.3 Å². The van der Waals surface area contributed by atoms with E-state index < -0.39 is 0 Å². The largest absolute Gasteiger partial charge is 0.303 e. The van der Waals surface area contributed by atoms with E-state index in [4.69, 9.17) is 0 Å². The summed E-state index contributed by atoms with van der Waals surface area (Å²) in [6, 6.07) is 2.56. The maximum Gasteiger partial charge on any atom is 0.106 e. The van der Waals surface area contributed by atoms with Gasteiger partial charge in [0.1, 0.15) is 5.54 Å². The van der Waals surface area contributed by atoms with Gasteiger partial charge in [-0.3, -0.25) is 5.32 Å². The highest BCUT2D eigenvalue weighted by molar-refractivity contribution is 5.09. The Morgan fingerprint density at radius 1 is 1.21 bits per heavy atom. The molecule has 0 amide bonds. The highest BCUT2D eigenvalue weighted by Gasteiger charge is 2.34. The lowest BCUT2D eigenvalue weighted by Crippen LogP contribution is -2.49. The van der Waals surface area contributed by atoms with Crippen LogP contribution in [0.15, 0.2) is 0 Å². The molecular formula is C16H31N3. The minimum atomic E-state index is -0.239. The summed E-state index contributed by atoms with van der Waals surface area (Å²) in [5, 5.41) is 13.1. The van der Waals surface area contributed by atoms with Crippen LogP contribution < -0.4 is 5.32 Å². The van der Waals surface area contributed by atoms with Crippen molar-refractivity contribution in [3.8, 4) is 6.07 Å². The molecular weight excluding hydrogens is 234 g/mol. The highest BCUT2D eigenvalue weighted by atomic mass is 15.1. The van der Waals surface area contributed by atoms with E-state index >= 15 is 0 Å². The minimum absolute atomic E-state index is 0.239. The summed E-state index contributed by atoms with van der Waals surface area (Å²) in [6.07, 6.45) is 7.12. The zero-order valence-corrected chi connectivity index (χ0v) is 13.0. The summed E-state index contributed by atoms with van der Waals surface area (Å²) in [6.45, 7) is 10.8. The second-order valence-corrected chi connectivity index (χ2v) is 5.88. The van der Waals surface area contributed by atoms with Crippen molar-refractivity contribution in [3.63, 3.8) is 0 Å². The lowest BCUT2D eigenvalue weighted by Gasteiger charge is -2.36. The van der Waals surface area contributed by atoms with Gasteiger partial charge in [0, 0.05) is 13.1 Å². The third kappa shape index (κ3) is 5.12. The Bertz CT molecular complexity index is 270. The van der Waals surface area contributed by atoms with E-state index in [1.165, 1.54) is 25.7 Å². The lowest BCUT2D eigenvalue weighted by atomic mass is 9.76. The van der Waals surface area contributed by atoms with Crippen LogP contribution in [0.5, 0.6) is 0 Å². The molecule has 0 unspecified atom stereocenters. The van der Waals surface area contributed by atoms with Crippen LogP contribution in [0, 0.1) is 17.2 Å². The van der Waals surface area contributed by atoms with E-state index in [1.807, 2.05) is 0 Å². The molecule has 0 saturated heterocycles. The van der Waals surface area contributed by atoms with Gasteiger partial charge in [-0.2, -0.15) is 5.26 Å². The van der Waals surface area contributed by atoms with Gasteiger partial charge in [0.05, 0.1) is 6.07 Å². The lowest BCUT2D eigenvalue weighted by molar-refractivity contribution is 0.216. The molecule has 1 fully saturated rings. The Labute approximate surface area is 119 Å². The van der Waals surface area contributed by atoms with Crippen LogP contribution in [0.3, 0.4) is 0 Å². The van der Waals surface area contributed by atoms with Crippen molar-refractivity contribution in [2.24, 2.45) is 5.92 Å². The first-order chi connectivity index (χ1) is 9.19. The molecule has 1 N–H and O–H groups in total. The molecule has 19 heavy (non-hydrogen) atoms. The average Bonchev–Trinajstić information content (AvgIpc) is 2.46. The van der Waals surface area contributed by atoms with Crippen molar-refractivity contribution in [1.82, 2.24) is 10.2 Å². The van der Waals surface area contributed by atoms with Crippen molar-refractivity contribution < 1.29 is 0 Å². The number of hydrogen-bond donors (Lipinski definition) is 1. The van der Waals surface area contributed by atoms with E-state index in [0.717, 1.165) is 44.9 Å². The van der Waals surface area contributed by atoms with Gasteiger partial charge >= 0.3 is 0 Å². The van der Waals surface area contributed by atoms with Crippen LogP contribution in [0.2, 0.25) is 0 Å². The molecule has 0 spiro atoms. The standard InChI is InChI=1S/C16H31N3/c1-4-7-15-8-10-16(14-17,11-9-15)18-12-13-19(5-2)6-3/h15,18H,4-13H2,1-3H3. The van der Waals surface area contributed by atoms with Gasteiger partial charge in [0.15, 0.2) is 0 Å². The molecule has 1 rings (SSSR count). The van der Waals surface area contributed by atoms with Crippen LogP contribution in [0.25, 0.3) is 0 Å². The van der Waals surface area contributed by atoms with Crippen LogP contribution in [0.4, 0.5) is 0 Å². The highest BCUT2D eigenvalue weighted by Crippen LogP contribution is 2.33. The van der Waals surface area contributed by atoms with Crippen LogP contribution >= 0.6 is 0 Å². The number of rotatable bonds is 8. The molecule has 0 aromatic heterocycles. The molecule has 0 bridgehead atoms. The fourth-order valence-corrected chi connectivity index (χ4v) is 3.19. The molecule has 0 aliphatic heterocycles. The Hall–Kier alpha value is -0.590. The summed E-state index contributed by atoms with van der Waals surface area (Å²) < 4.78 is 0. The fraction of sp³-hybridized carbons (Fsp3) is 0.938. The molecule has 110 valence electrons. The SMILES string of the molecule is CCCC1CCC(C#N)(NCCN(CC)CC)CC1. The predicted molar refractivity (Wildman–Crippen MR) is 81.0 cm³/mol. The first kappa shape index (κ1) is 16.5. The smallest absolute Gasteiger partial charge is 0.106 e. The Morgan fingerprint density at radius 2 is 1.84 bits per heavy atom. The van der Waals surface area contributed by atoms with E-state index in [9.17, 15) is 5.26 Å². The quantitative estimate of drug-likeness (QED) is 0.732. The summed E-state index contributed by atoms with van der Waals surface area (Å²) in [4.78, 5) is 2.40. The van der Waals surface area contributed by atoms with Gasteiger partial charge in [-0.1, -0.05) is 33.6 Å². The summed E-state index contributed by atoms with van der Waals surface area (Å²) in [7, 11) is 0. The predicted octanol–water partition coefficient (Wildman–Crippen LogP) is 3.17. The van der Waals surface area contributed by atoms with Gasteiger partial charge in [-0.15, -0.1) is 0 Å². The van der Waals surface area contributed by atoms with Crippen LogP contribution in [-0.2, 0) is 0 Å². The number of likely N-dealkylation sites (N-methyl/N-ethyl adjacent to an activating group) is 1. The monoisotopic (exact) mass is 265 g/mol. The summed E-state index contributed by atoms with van der Waals surface area (Å²) in [5.41, 5.74) is -0.239. The molecule has 1 aliphatic carbocycles. The van der Waals surface area contributed by atoms with Gasteiger partial charge in [-0.25, -0.2) is 0 Å². The summed E-state index contributed by atoms with van der Waals surface area (Å²) in [5.74, 6) is 0.857. The minimum Gasteiger partial charge on any atom is -0.303 e. The Morgan fingerprint density at radius 3 is 2.32 bits per heavy atom. The zero-order chi connectivity index (χ0) is 14.1. The van der Waals surface area contributed by atoms with Gasteiger partial charge < -0.3 is 4.90 Å². The molecule has 3 nitrogen and oxygen atoms in total. The van der Waals surface area contributed by atoms with Crippen molar-refractivity contribution in [2.45, 2.75) is 64.8 Å². The second-order valence-electron chi connectivity index (χ2n) is 5.88. The molecule has 1 saturated carbocycles. The average molecular weight is 265 g/mol. The molecule has 1 aliphatic rings. The second kappa shape index (κ2) is 8.55. The molecule has 0 aromatic rings. The molecule has 0 aromatic carbocycles. The van der Waals surface area contributed by atoms with Crippen molar-refractivity contribution in [2.75, 3.05) is 26.2 Å². The van der Waals surface area contributed by atoms with E-state index in [1.54, 1.807) is 0 Å². The first-order valence-corrected chi connectivity index (χ1v) is 8.08. The van der Waals surface area contributed by atoms with Crippen molar-refractivity contribution in [3.05, 3.63) is 0 Å². The van der Waals surface area contributed by atoms with Gasteiger partial charge in [0.2, 0.25) is 0 Å².